The lowest BCUT2D eigenvalue weighted by Gasteiger charge is -2.11. The topological polar surface area (TPSA) is 57.1 Å². The molecule has 2 heterocycles. The summed E-state index contributed by atoms with van der Waals surface area (Å²) in [5.41, 5.74) is 2.00. The number of aromatic nitrogens is 3. The molecule has 0 unspecified atom stereocenters. The van der Waals surface area contributed by atoms with Crippen molar-refractivity contribution in [3.8, 4) is 34.1 Å². The Bertz CT molecular complexity index is 1320. The van der Waals surface area contributed by atoms with Crippen LogP contribution < -0.4 is 9.47 Å². The van der Waals surface area contributed by atoms with Gasteiger partial charge in [-0.1, -0.05) is 95.0 Å². The fourth-order valence-electron chi connectivity index (χ4n) is 4.58. The summed E-state index contributed by atoms with van der Waals surface area (Å²) in [7, 11) is 0. The van der Waals surface area contributed by atoms with E-state index in [0.717, 1.165) is 12.0 Å². The molecule has 41 heavy (non-hydrogen) atoms. The van der Waals surface area contributed by atoms with Crippen molar-refractivity contribution in [2.24, 2.45) is 0 Å². The van der Waals surface area contributed by atoms with E-state index in [2.05, 4.69) is 21.9 Å². The van der Waals surface area contributed by atoms with Gasteiger partial charge in [0.1, 0.15) is 6.61 Å². The van der Waals surface area contributed by atoms with E-state index in [0.29, 0.717) is 29.4 Å². The number of benzene rings is 2. The number of rotatable bonds is 17. The zero-order chi connectivity index (χ0) is 28.7. The lowest BCUT2D eigenvalue weighted by atomic mass is 10.1. The third-order valence-corrected chi connectivity index (χ3v) is 6.99. The van der Waals surface area contributed by atoms with Gasteiger partial charge >= 0.3 is 0 Å². The first-order valence-electron chi connectivity index (χ1n) is 14.7. The second kappa shape index (κ2) is 16.4. The van der Waals surface area contributed by atoms with E-state index in [1.54, 1.807) is 12.3 Å². The van der Waals surface area contributed by atoms with Crippen molar-refractivity contribution < 1.29 is 18.3 Å². The molecule has 0 fully saturated rings. The highest BCUT2D eigenvalue weighted by Crippen LogP contribution is 2.30. The van der Waals surface area contributed by atoms with Gasteiger partial charge in [0.25, 0.3) is 0 Å². The molecule has 2 aromatic carbocycles. The van der Waals surface area contributed by atoms with E-state index >= 15 is 0 Å². The van der Waals surface area contributed by atoms with Crippen LogP contribution in [0.15, 0.2) is 73.2 Å². The monoisotopic (exact) mass is 559 g/mol. The van der Waals surface area contributed by atoms with Gasteiger partial charge in [0, 0.05) is 41.3 Å². The molecule has 4 aromatic rings. The van der Waals surface area contributed by atoms with E-state index in [9.17, 15) is 8.78 Å². The van der Waals surface area contributed by atoms with E-state index in [4.69, 9.17) is 9.47 Å². The van der Waals surface area contributed by atoms with Gasteiger partial charge in [0.2, 0.25) is 11.7 Å². The van der Waals surface area contributed by atoms with Crippen LogP contribution in [0.3, 0.4) is 0 Å². The van der Waals surface area contributed by atoms with Gasteiger partial charge in [-0.2, -0.15) is 4.39 Å². The van der Waals surface area contributed by atoms with Gasteiger partial charge in [-0.15, -0.1) is 0 Å². The molecule has 0 atom stereocenters. The third-order valence-electron chi connectivity index (χ3n) is 6.99. The highest BCUT2D eigenvalue weighted by Gasteiger charge is 2.17. The molecule has 0 aliphatic rings. The van der Waals surface area contributed by atoms with Gasteiger partial charge in [-0.3, -0.25) is 0 Å². The third kappa shape index (κ3) is 9.34. The minimum absolute atomic E-state index is 0.0648. The van der Waals surface area contributed by atoms with E-state index < -0.39 is 11.6 Å². The van der Waals surface area contributed by atoms with Crippen LogP contribution in [0.25, 0.3) is 22.5 Å². The Morgan fingerprint density at radius 3 is 1.93 bits per heavy atom. The Balaban J connectivity index is 1.23. The van der Waals surface area contributed by atoms with Crippen LogP contribution in [0.2, 0.25) is 0 Å². The molecule has 4 rings (SSSR count). The van der Waals surface area contributed by atoms with E-state index in [1.807, 2.05) is 36.4 Å². The van der Waals surface area contributed by atoms with Crippen molar-refractivity contribution in [1.29, 1.82) is 0 Å². The van der Waals surface area contributed by atoms with Crippen molar-refractivity contribution >= 4 is 0 Å². The summed E-state index contributed by atoms with van der Waals surface area (Å²) in [6, 6.07) is 15.9. The second-order valence-corrected chi connectivity index (χ2v) is 10.2. The standard InChI is InChI=1S/C34H39F2N3O2/c1-2-3-4-5-6-7-8-9-10-14-21-40-31-20-17-27(22-37-31)34-38-23-28(24-39-34)29-18-19-30(33(36)32(29)35)41-25-26-15-12-11-13-16-26/h11-13,15-20,22-24H,2-10,14,21,25H2,1H3. The fourth-order valence-corrected chi connectivity index (χ4v) is 4.58. The molecule has 0 saturated carbocycles. The number of hydrogen-bond acceptors (Lipinski definition) is 5. The quantitative estimate of drug-likeness (QED) is 0.121. The zero-order valence-electron chi connectivity index (χ0n) is 23.8. The average molecular weight is 560 g/mol. The SMILES string of the molecule is CCCCCCCCCCCCOc1ccc(-c2ncc(-c3ccc(OCc4ccccc4)c(F)c3F)cn2)cn1. The number of nitrogens with zero attached hydrogens (tertiary/aromatic N) is 3. The molecule has 0 radical (unpaired) electrons. The lowest BCUT2D eigenvalue weighted by Crippen LogP contribution is -2.01. The predicted molar refractivity (Wildman–Crippen MR) is 159 cm³/mol. The summed E-state index contributed by atoms with van der Waals surface area (Å²) in [6.07, 6.45) is 17.4. The first kappa shape index (κ1) is 30.1. The van der Waals surface area contributed by atoms with Crippen molar-refractivity contribution in [2.75, 3.05) is 6.61 Å². The van der Waals surface area contributed by atoms with Crippen LogP contribution in [0, 0.1) is 11.6 Å². The Hall–Kier alpha value is -3.87. The first-order chi connectivity index (χ1) is 20.2. The van der Waals surface area contributed by atoms with Crippen LogP contribution in [0.4, 0.5) is 8.78 Å². The van der Waals surface area contributed by atoms with E-state index in [1.165, 1.54) is 82.3 Å². The molecule has 0 aliphatic heterocycles. The van der Waals surface area contributed by atoms with Gasteiger partial charge in [-0.25, -0.2) is 19.3 Å². The molecule has 5 nitrogen and oxygen atoms in total. The van der Waals surface area contributed by atoms with Gasteiger partial charge in [0.15, 0.2) is 17.4 Å². The average Bonchev–Trinajstić information content (AvgIpc) is 3.01. The number of ether oxygens (including phenoxy) is 2. The zero-order valence-corrected chi connectivity index (χ0v) is 23.8. The molecule has 0 aliphatic carbocycles. The van der Waals surface area contributed by atoms with Crippen molar-refractivity contribution in [1.82, 2.24) is 15.0 Å². The van der Waals surface area contributed by atoms with Crippen LogP contribution in [-0.2, 0) is 6.61 Å². The minimum Gasteiger partial charge on any atom is -0.486 e. The van der Waals surface area contributed by atoms with Crippen molar-refractivity contribution in [3.05, 3.63) is 90.4 Å². The Morgan fingerprint density at radius 1 is 0.610 bits per heavy atom. The Morgan fingerprint density at radius 2 is 1.27 bits per heavy atom. The molecule has 7 heteroatoms. The van der Waals surface area contributed by atoms with Crippen molar-refractivity contribution in [2.45, 2.75) is 77.7 Å². The molecule has 0 saturated heterocycles. The van der Waals surface area contributed by atoms with Gasteiger partial charge < -0.3 is 9.47 Å². The molecular formula is C34H39F2N3O2. The van der Waals surface area contributed by atoms with E-state index in [-0.39, 0.29) is 17.9 Å². The maximum absolute atomic E-state index is 14.9. The molecule has 0 bridgehead atoms. The summed E-state index contributed by atoms with van der Waals surface area (Å²) in [5.74, 6) is -1.19. The van der Waals surface area contributed by atoms with Crippen molar-refractivity contribution in [3.63, 3.8) is 0 Å². The summed E-state index contributed by atoms with van der Waals surface area (Å²) in [5, 5.41) is 0. The molecule has 0 amide bonds. The number of unbranched alkanes of at least 4 members (excludes halogenated alkanes) is 9. The lowest BCUT2D eigenvalue weighted by molar-refractivity contribution is 0.285. The minimum atomic E-state index is -1.04. The highest BCUT2D eigenvalue weighted by molar-refractivity contribution is 5.65. The molecule has 216 valence electrons. The first-order valence-corrected chi connectivity index (χ1v) is 14.7. The summed E-state index contributed by atoms with van der Waals surface area (Å²) >= 11 is 0. The Kier molecular flexibility index (Phi) is 12.0. The maximum atomic E-state index is 14.9. The van der Waals surface area contributed by atoms with Crippen LogP contribution >= 0.6 is 0 Å². The van der Waals surface area contributed by atoms with Crippen LogP contribution in [0.5, 0.6) is 11.6 Å². The largest absolute Gasteiger partial charge is 0.486 e. The normalized spacial score (nSPS) is 11.0. The van der Waals surface area contributed by atoms with Gasteiger partial charge in [-0.05, 0) is 30.2 Å². The maximum Gasteiger partial charge on any atom is 0.213 e. The number of pyridine rings is 1. The Labute approximate surface area is 242 Å². The fraction of sp³-hybridized carbons (Fsp3) is 0.382. The predicted octanol–water partition coefficient (Wildman–Crippen LogP) is 9.36. The molecule has 0 N–H and O–H groups in total. The smallest absolute Gasteiger partial charge is 0.213 e. The summed E-state index contributed by atoms with van der Waals surface area (Å²) in [4.78, 5) is 13.1. The molecule has 2 aromatic heterocycles. The van der Waals surface area contributed by atoms with Crippen LogP contribution in [0.1, 0.15) is 76.7 Å². The van der Waals surface area contributed by atoms with Gasteiger partial charge in [0.05, 0.1) is 6.61 Å². The van der Waals surface area contributed by atoms with Crippen LogP contribution in [-0.4, -0.2) is 21.6 Å². The molecule has 0 spiro atoms. The summed E-state index contributed by atoms with van der Waals surface area (Å²) in [6.45, 7) is 3.04. The number of halogens is 2. The molecular weight excluding hydrogens is 520 g/mol. The number of hydrogen-bond donors (Lipinski definition) is 0. The summed E-state index contributed by atoms with van der Waals surface area (Å²) < 4.78 is 40.8. The second-order valence-electron chi connectivity index (χ2n) is 10.2. The highest BCUT2D eigenvalue weighted by atomic mass is 19.2.